The molecule has 21 heavy (non-hydrogen) atoms. The summed E-state index contributed by atoms with van der Waals surface area (Å²) in [5, 5.41) is 8.85. The number of nitrogens with zero attached hydrogens (tertiary/aromatic N) is 1. The van der Waals surface area contributed by atoms with E-state index in [1.807, 2.05) is 6.92 Å². The Balaban J connectivity index is 2.73. The van der Waals surface area contributed by atoms with E-state index in [-0.39, 0.29) is 30.6 Å². The van der Waals surface area contributed by atoms with Crippen LogP contribution >= 0.6 is 0 Å². The fourth-order valence-corrected chi connectivity index (χ4v) is 2.19. The van der Waals surface area contributed by atoms with Crippen LogP contribution in [-0.2, 0) is 9.59 Å². The Hall–Kier alpha value is -1.91. The molecule has 0 bridgehead atoms. The molecule has 5 heteroatoms. The summed E-state index contributed by atoms with van der Waals surface area (Å²) in [5.41, 5.74) is 0.239. The Morgan fingerprint density at radius 3 is 2.24 bits per heavy atom. The van der Waals surface area contributed by atoms with Crippen LogP contribution in [0.1, 0.15) is 45.2 Å². The lowest BCUT2D eigenvalue weighted by Crippen LogP contribution is -2.33. The highest BCUT2D eigenvalue weighted by Gasteiger charge is 2.28. The van der Waals surface area contributed by atoms with Crippen LogP contribution in [0.25, 0.3) is 0 Å². The Morgan fingerprint density at radius 2 is 1.76 bits per heavy atom. The van der Waals surface area contributed by atoms with Crippen molar-refractivity contribution in [3.8, 4) is 0 Å². The summed E-state index contributed by atoms with van der Waals surface area (Å²) in [5.74, 6) is -1.36. The van der Waals surface area contributed by atoms with E-state index in [9.17, 15) is 14.0 Å². The van der Waals surface area contributed by atoms with Gasteiger partial charge in [0, 0.05) is 13.5 Å². The van der Waals surface area contributed by atoms with Crippen LogP contribution in [0.5, 0.6) is 0 Å². The van der Waals surface area contributed by atoms with Crippen molar-refractivity contribution in [3.63, 3.8) is 0 Å². The lowest BCUT2D eigenvalue weighted by molar-refractivity contribution is -0.140. The molecule has 0 aliphatic rings. The van der Waals surface area contributed by atoms with Crippen molar-refractivity contribution in [2.75, 3.05) is 7.05 Å². The van der Waals surface area contributed by atoms with E-state index in [4.69, 9.17) is 5.11 Å². The summed E-state index contributed by atoms with van der Waals surface area (Å²) in [4.78, 5) is 24.6. The normalized spacial score (nSPS) is 12.8. The molecule has 1 amide bonds. The average Bonchev–Trinajstić information content (AvgIpc) is 2.35. The van der Waals surface area contributed by atoms with Gasteiger partial charge < -0.3 is 10.0 Å². The van der Waals surface area contributed by atoms with Crippen LogP contribution in [0.15, 0.2) is 24.3 Å². The molecule has 0 aliphatic heterocycles. The smallest absolute Gasteiger partial charge is 0.303 e. The molecule has 0 radical (unpaired) electrons. The quantitative estimate of drug-likeness (QED) is 0.876. The molecule has 1 aromatic carbocycles. The molecule has 0 fully saturated rings. The summed E-state index contributed by atoms with van der Waals surface area (Å²) in [6, 6.07) is 5.81. The Morgan fingerprint density at radius 1 is 1.24 bits per heavy atom. The number of aliphatic carboxylic acids is 1. The van der Waals surface area contributed by atoms with Crippen molar-refractivity contribution in [1.82, 2.24) is 4.90 Å². The Kier molecular flexibility index (Phi) is 5.47. The monoisotopic (exact) mass is 295 g/mol. The fourth-order valence-electron chi connectivity index (χ4n) is 2.19. The van der Waals surface area contributed by atoms with E-state index in [0.29, 0.717) is 0 Å². The molecule has 1 N–H and O–H groups in total. The van der Waals surface area contributed by atoms with Crippen LogP contribution in [-0.4, -0.2) is 28.9 Å². The third-order valence-electron chi connectivity index (χ3n) is 3.59. The molecule has 1 rings (SSSR count). The molecule has 1 atom stereocenters. The predicted octanol–water partition coefficient (Wildman–Crippen LogP) is 3.24. The van der Waals surface area contributed by atoms with E-state index in [0.717, 1.165) is 5.56 Å². The van der Waals surface area contributed by atoms with Crippen LogP contribution in [0.2, 0.25) is 0 Å². The fraction of sp³-hybridized carbons (Fsp3) is 0.500. The van der Waals surface area contributed by atoms with Crippen molar-refractivity contribution in [2.45, 2.75) is 39.7 Å². The second-order valence-electron chi connectivity index (χ2n) is 6.14. The zero-order chi connectivity index (χ0) is 16.2. The lowest BCUT2D eigenvalue weighted by atomic mass is 9.85. The predicted molar refractivity (Wildman–Crippen MR) is 78.2 cm³/mol. The van der Waals surface area contributed by atoms with E-state index >= 15 is 0 Å². The maximum atomic E-state index is 12.9. The highest BCUT2D eigenvalue weighted by atomic mass is 19.1. The van der Waals surface area contributed by atoms with Gasteiger partial charge in [0.1, 0.15) is 5.82 Å². The van der Waals surface area contributed by atoms with Gasteiger partial charge in [0.15, 0.2) is 0 Å². The van der Waals surface area contributed by atoms with Gasteiger partial charge in [0.25, 0.3) is 0 Å². The topological polar surface area (TPSA) is 57.6 Å². The van der Waals surface area contributed by atoms with Crippen LogP contribution < -0.4 is 0 Å². The van der Waals surface area contributed by atoms with E-state index in [2.05, 4.69) is 0 Å². The SMILES string of the molecule is CC(c1ccc(F)cc1)N(C)C(=O)CC(C)(C)CC(=O)O. The molecule has 0 spiro atoms. The van der Waals surface area contributed by atoms with Crippen LogP contribution in [0.4, 0.5) is 4.39 Å². The Bertz CT molecular complexity index is 511. The average molecular weight is 295 g/mol. The summed E-state index contributed by atoms with van der Waals surface area (Å²) in [6.07, 6.45) is 0.0961. The van der Waals surface area contributed by atoms with Gasteiger partial charge >= 0.3 is 5.97 Å². The highest BCUT2D eigenvalue weighted by molar-refractivity contribution is 5.78. The first-order valence-corrected chi connectivity index (χ1v) is 6.85. The highest BCUT2D eigenvalue weighted by Crippen LogP contribution is 2.28. The maximum absolute atomic E-state index is 12.9. The second-order valence-corrected chi connectivity index (χ2v) is 6.14. The second kappa shape index (κ2) is 6.70. The number of rotatable bonds is 6. The standard InChI is InChI=1S/C16H22FNO3/c1-11(12-5-7-13(17)8-6-12)18(4)14(19)9-16(2,3)10-15(20)21/h5-8,11H,9-10H2,1-4H3,(H,20,21). The molecule has 1 unspecified atom stereocenters. The molecule has 0 aromatic heterocycles. The van der Waals surface area contributed by atoms with Crippen molar-refractivity contribution >= 4 is 11.9 Å². The van der Waals surface area contributed by atoms with E-state index < -0.39 is 11.4 Å². The number of carboxylic acids is 1. The molecule has 116 valence electrons. The first-order valence-electron chi connectivity index (χ1n) is 6.85. The largest absolute Gasteiger partial charge is 0.481 e. The lowest BCUT2D eigenvalue weighted by Gasteiger charge is -2.29. The minimum atomic E-state index is -0.915. The number of carboxylic acid groups (broad SMARTS) is 1. The number of amides is 1. The van der Waals surface area contributed by atoms with Crippen LogP contribution in [0.3, 0.4) is 0 Å². The molecular formula is C16H22FNO3. The van der Waals surface area contributed by atoms with Gasteiger partial charge in [-0.2, -0.15) is 0 Å². The van der Waals surface area contributed by atoms with Gasteiger partial charge in [-0.05, 0) is 30.0 Å². The number of carbonyl (C=O) groups excluding carboxylic acids is 1. The van der Waals surface area contributed by atoms with Crippen molar-refractivity contribution in [3.05, 3.63) is 35.6 Å². The molecule has 1 aromatic rings. The molecule has 0 aliphatic carbocycles. The van der Waals surface area contributed by atoms with E-state index in [1.54, 1.807) is 37.9 Å². The molecule has 0 heterocycles. The maximum Gasteiger partial charge on any atom is 0.303 e. The number of hydrogen-bond acceptors (Lipinski definition) is 2. The first-order chi connectivity index (χ1) is 9.62. The van der Waals surface area contributed by atoms with Crippen molar-refractivity contribution in [2.24, 2.45) is 5.41 Å². The number of carbonyl (C=O) groups is 2. The van der Waals surface area contributed by atoms with Crippen molar-refractivity contribution in [1.29, 1.82) is 0 Å². The number of halogens is 1. The minimum Gasteiger partial charge on any atom is -0.481 e. The van der Waals surface area contributed by atoms with Crippen molar-refractivity contribution < 1.29 is 19.1 Å². The third-order valence-corrected chi connectivity index (χ3v) is 3.59. The molecule has 4 nitrogen and oxygen atoms in total. The van der Waals surface area contributed by atoms with Gasteiger partial charge in [-0.25, -0.2) is 4.39 Å². The van der Waals surface area contributed by atoms with E-state index in [1.165, 1.54) is 12.1 Å². The molecule has 0 saturated carbocycles. The molecule has 0 saturated heterocycles. The zero-order valence-electron chi connectivity index (χ0n) is 12.9. The number of hydrogen-bond donors (Lipinski definition) is 1. The van der Waals surface area contributed by atoms with Gasteiger partial charge in [0.2, 0.25) is 5.91 Å². The minimum absolute atomic E-state index is 0.0580. The summed E-state index contributed by atoms with van der Waals surface area (Å²) in [6.45, 7) is 5.38. The van der Waals surface area contributed by atoms with Crippen LogP contribution in [0, 0.1) is 11.2 Å². The zero-order valence-corrected chi connectivity index (χ0v) is 12.9. The Labute approximate surface area is 124 Å². The number of benzene rings is 1. The van der Waals surface area contributed by atoms with Gasteiger partial charge in [-0.15, -0.1) is 0 Å². The van der Waals surface area contributed by atoms with Gasteiger partial charge in [-0.1, -0.05) is 26.0 Å². The first kappa shape index (κ1) is 17.1. The summed E-state index contributed by atoms with van der Waals surface area (Å²) < 4.78 is 12.9. The molecular weight excluding hydrogens is 273 g/mol. The van der Waals surface area contributed by atoms with Gasteiger partial charge in [0.05, 0.1) is 12.5 Å². The summed E-state index contributed by atoms with van der Waals surface area (Å²) in [7, 11) is 1.67. The third kappa shape index (κ3) is 5.17. The summed E-state index contributed by atoms with van der Waals surface area (Å²) >= 11 is 0. The van der Waals surface area contributed by atoms with Gasteiger partial charge in [-0.3, -0.25) is 9.59 Å².